The number of alkyl halides is 1. The lowest BCUT2D eigenvalue weighted by Gasteiger charge is -2.09. The maximum atomic E-state index is 11.0. The normalized spacial score (nSPS) is 14.3. The first-order chi connectivity index (χ1) is 6.94. The van der Waals surface area contributed by atoms with Crippen LogP contribution in [0.3, 0.4) is 0 Å². The molecular weight excluding hydrogens is 245 g/mol. The van der Waals surface area contributed by atoms with Gasteiger partial charge in [0.1, 0.15) is 11.4 Å². The van der Waals surface area contributed by atoms with Gasteiger partial charge in [0.15, 0.2) is 0 Å². The fourth-order valence-corrected chi connectivity index (χ4v) is 1.46. The van der Waals surface area contributed by atoms with Crippen molar-refractivity contribution in [3.63, 3.8) is 0 Å². The maximum absolute atomic E-state index is 11.0. The van der Waals surface area contributed by atoms with Crippen LogP contribution in [-0.2, 0) is 4.57 Å². The van der Waals surface area contributed by atoms with E-state index >= 15 is 0 Å². The van der Waals surface area contributed by atoms with Gasteiger partial charge in [-0.05, 0) is 12.1 Å². The fourth-order valence-electron chi connectivity index (χ4n) is 0.818. The molecule has 1 N–H and O–H groups in total. The summed E-state index contributed by atoms with van der Waals surface area (Å²) in [7, 11) is -3.84. The van der Waals surface area contributed by atoms with Crippen molar-refractivity contribution in [3.8, 4) is 5.75 Å². The lowest BCUT2D eigenvalue weighted by atomic mass is 10.3. The van der Waals surface area contributed by atoms with E-state index in [0.29, 0.717) is 0 Å². The van der Waals surface area contributed by atoms with E-state index in [4.69, 9.17) is 16.5 Å². The quantitative estimate of drug-likeness (QED) is 0.384. The van der Waals surface area contributed by atoms with Crippen LogP contribution in [0, 0.1) is 10.1 Å². The van der Waals surface area contributed by atoms with Crippen LogP contribution in [0.15, 0.2) is 24.3 Å². The molecule has 0 fully saturated rings. The number of nitro benzene ring substituents is 1. The molecule has 0 aliphatic rings. The highest BCUT2D eigenvalue weighted by molar-refractivity contribution is 7.55. The van der Waals surface area contributed by atoms with Gasteiger partial charge in [0.05, 0.1) is 4.92 Å². The number of benzene rings is 1. The summed E-state index contributed by atoms with van der Waals surface area (Å²) >= 11 is 5.18. The molecule has 8 heteroatoms. The molecule has 0 saturated heterocycles. The van der Waals surface area contributed by atoms with Gasteiger partial charge < -0.3 is 9.42 Å². The van der Waals surface area contributed by atoms with E-state index in [-0.39, 0.29) is 11.4 Å². The number of nitrogens with zero attached hydrogens (tertiary/aromatic N) is 1. The van der Waals surface area contributed by atoms with Gasteiger partial charge in [-0.25, -0.2) is 4.57 Å². The minimum absolute atomic E-state index is 0.0621. The first-order valence-electron chi connectivity index (χ1n) is 3.76. The molecule has 1 aromatic carbocycles. The van der Waals surface area contributed by atoms with Crippen LogP contribution in [-0.4, -0.2) is 15.4 Å². The third kappa shape index (κ3) is 3.51. The van der Waals surface area contributed by atoms with Gasteiger partial charge in [-0.1, -0.05) is 0 Å². The zero-order chi connectivity index (χ0) is 11.5. The first-order valence-corrected chi connectivity index (χ1v) is 6.06. The van der Waals surface area contributed by atoms with E-state index < -0.39 is 18.1 Å². The molecule has 1 unspecified atom stereocenters. The Morgan fingerprint density at radius 2 is 2.00 bits per heavy atom. The number of nitro groups is 1. The molecule has 0 aliphatic heterocycles. The molecule has 0 aromatic heterocycles. The topological polar surface area (TPSA) is 89.7 Å². The van der Waals surface area contributed by atoms with E-state index in [1.165, 1.54) is 24.3 Å². The summed E-state index contributed by atoms with van der Waals surface area (Å²) in [5.41, 5.74) is -0.662. The second-order valence-electron chi connectivity index (χ2n) is 2.60. The second-order valence-corrected chi connectivity index (χ2v) is 5.01. The van der Waals surface area contributed by atoms with Crippen molar-refractivity contribution < 1.29 is 18.9 Å². The molecule has 82 valence electrons. The fraction of sp³-hybridized carbons (Fsp3) is 0.143. The molecule has 0 saturated carbocycles. The molecule has 1 rings (SSSR count). The molecule has 6 nitrogen and oxygen atoms in total. The molecule has 0 heterocycles. The highest BCUT2D eigenvalue weighted by Gasteiger charge is 2.19. The minimum atomic E-state index is -3.84. The number of halogens is 1. The molecule has 1 atom stereocenters. The third-order valence-corrected chi connectivity index (χ3v) is 3.15. The minimum Gasteiger partial charge on any atom is -0.424 e. The van der Waals surface area contributed by atoms with Gasteiger partial charge in [0.25, 0.3) is 5.69 Å². The van der Waals surface area contributed by atoms with Gasteiger partial charge in [0, 0.05) is 12.1 Å². The summed E-state index contributed by atoms with van der Waals surface area (Å²) < 4.78 is 15.7. The molecule has 0 bridgehead atoms. The standard InChI is InChI=1S/C7H7ClNO5P/c8-5-15(12,13)14-7-3-1-6(2-4-7)9(10)11/h1-4H,5H2,(H,12,13). The Labute approximate surface area is 90.1 Å². The third-order valence-electron chi connectivity index (χ3n) is 1.45. The Kier molecular flexibility index (Phi) is 3.68. The number of hydrogen-bond acceptors (Lipinski definition) is 4. The van der Waals surface area contributed by atoms with E-state index in [0.717, 1.165) is 0 Å². The summed E-state index contributed by atoms with van der Waals surface area (Å²) in [5, 5.41) is 10.3. The van der Waals surface area contributed by atoms with Crippen LogP contribution < -0.4 is 4.52 Å². The van der Waals surface area contributed by atoms with Gasteiger partial charge in [-0.2, -0.15) is 0 Å². The summed E-state index contributed by atoms with van der Waals surface area (Å²) in [5.74, 6) is 0.0621. The van der Waals surface area contributed by atoms with E-state index in [1.54, 1.807) is 0 Å². The van der Waals surface area contributed by atoms with Crippen LogP contribution in [0.5, 0.6) is 5.75 Å². The average Bonchev–Trinajstić information content (AvgIpc) is 2.18. The summed E-state index contributed by atoms with van der Waals surface area (Å²) in [6.07, 6.45) is 0. The zero-order valence-electron chi connectivity index (χ0n) is 7.37. The van der Waals surface area contributed by atoms with Crippen LogP contribution in [0.25, 0.3) is 0 Å². The van der Waals surface area contributed by atoms with Crippen molar-refractivity contribution in [1.82, 2.24) is 0 Å². The average molecular weight is 252 g/mol. The van der Waals surface area contributed by atoms with E-state index in [2.05, 4.69) is 4.52 Å². The Balaban J connectivity index is 2.82. The highest BCUT2D eigenvalue weighted by atomic mass is 35.5. The Bertz CT molecular complexity index is 406. The van der Waals surface area contributed by atoms with Crippen molar-refractivity contribution in [2.24, 2.45) is 0 Å². The van der Waals surface area contributed by atoms with Gasteiger partial charge in [0.2, 0.25) is 0 Å². The molecule has 0 radical (unpaired) electrons. The predicted molar refractivity (Wildman–Crippen MR) is 54.3 cm³/mol. The number of hydrogen-bond donors (Lipinski definition) is 1. The lowest BCUT2D eigenvalue weighted by molar-refractivity contribution is -0.384. The lowest BCUT2D eigenvalue weighted by Crippen LogP contribution is -1.93. The van der Waals surface area contributed by atoms with Crippen LogP contribution in [0.2, 0.25) is 0 Å². The molecule has 0 amide bonds. The van der Waals surface area contributed by atoms with Crippen molar-refractivity contribution in [1.29, 1.82) is 0 Å². The summed E-state index contributed by atoms with van der Waals surface area (Å²) in [6, 6.07) is 4.80. The van der Waals surface area contributed by atoms with Crippen molar-refractivity contribution in [3.05, 3.63) is 34.4 Å². The van der Waals surface area contributed by atoms with Crippen molar-refractivity contribution >= 4 is 24.9 Å². The largest absolute Gasteiger partial charge is 0.424 e. The molecule has 15 heavy (non-hydrogen) atoms. The van der Waals surface area contributed by atoms with Crippen molar-refractivity contribution in [2.45, 2.75) is 0 Å². The number of non-ortho nitro benzene ring substituents is 1. The van der Waals surface area contributed by atoms with Crippen molar-refractivity contribution in [2.75, 3.05) is 5.62 Å². The monoisotopic (exact) mass is 251 g/mol. The Morgan fingerprint density at radius 3 is 2.40 bits per heavy atom. The van der Waals surface area contributed by atoms with Crippen LogP contribution >= 0.6 is 19.2 Å². The first kappa shape index (κ1) is 12.0. The zero-order valence-corrected chi connectivity index (χ0v) is 9.02. The smallest absolute Gasteiger partial charge is 0.391 e. The van der Waals surface area contributed by atoms with Gasteiger partial charge in [-0.15, -0.1) is 11.6 Å². The van der Waals surface area contributed by atoms with E-state index in [1.807, 2.05) is 0 Å². The maximum Gasteiger partial charge on any atom is 0.391 e. The molecule has 0 aliphatic carbocycles. The van der Waals surface area contributed by atoms with Crippen LogP contribution in [0.1, 0.15) is 0 Å². The SMILES string of the molecule is O=[N+]([O-])c1ccc(OP(=O)(O)CCl)cc1. The Morgan fingerprint density at radius 1 is 1.47 bits per heavy atom. The van der Waals surface area contributed by atoms with Crippen LogP contribution in [0.4, 0.5) is 5.69 Å². The highest BCUT2D eigenvalue weighted by Crippen LogP contribution is 2.43. The summed E-state index contributed by atoms with van der Waals surface area (Å²) in [6.45, 7) is 0. The molecular formula is C7H7ClNO5P. The predicted octanol–water partition coefficient (Wildman–Crippen LogP) is 2.36. The summed E-state index contributed by atoms with van der Waals surface area (Å²) in [4.78, 5) is 18.7. The Hall–Kier alpha value is -1.10. The van der Waals surface area contributed by atoms with Gasteiger partial charge in [-0.3, -0.25) is 10.1 Å². The second kappa shape index (κ2) is 4.61. The number of rotatable bonds is 4. The molecule has 0 spiro atoms. The molecule has 1 aromatic rings. The van der Waals surface area contributed by atoms with E-state index in [9.17, 15) is 14.7 Å². The van der Waals surface area contributed by atoms with Gasteiger partial charge >= 0.3 is 7.60 Å².